The van der Waals surface area contributed by atoms with Gasteiger partial charge in [0.2, 0.25) is 0 Å². The molecule has 1 amide bonds. The Morgan fingerprint density at radius 2 is 1.90 bits per heavy atom. The second-order valence-corrected chi connectivity index (χ2v) is 8.54. The standard InChI is InChI=1S/C23H20BrIN2O3/c1-15-5-3-4-6-19(15)23(28)27-26-13-17-11-20(25)22(21(12-17)29-2)30-14-16-7-9-18(24)10-8-16/h3-13H,14H2,1-2H3,(H,27,28)/b26-13+. The number of amides is 1. The van der Waals surface area contributed by atoms with Crippen molar-refractivity contribution in [1.82, 2.24) is 5.43 Å². The van der Waals surface area contributed by atoms with E-state index in [9.17, 15) is 4.79 Å². The summed E-state index contributed by atoms with van der Waals surface area (Å²) >= 11 is 5.63. The van der Waals surface area contributed by atoms with Gasteiger partial charge in [-0.3, -0.25) is 4.79 Å². The van der Waals surface area contributed by atoms with Crippen molar-refractivity contribution in [3.8, 4) is 11.5 Å². The third kappa shape index (κ3) is 5.82. The molecule has 0 aliphatic rings. The lowest BCUT2D eigenvalue weighted by Gasteiger charge is -2.13. The molecule has 3 rings (SSSR count). The molecule has 0 saturated carbocycles. The molecule has 0 spiro atoms. The molecule has 30 heavy (non-hydrogen) atoms. The molecule has 0 radical (unpaired) electrons. The number of hydrogen-bond donors (Lipinski definition) is 1. The number of nitrogens with zero attached hydrogens (tertiary/aromatic N) is 1. The fourth-order valence-corrected chi connectivity index (χ4v) is 3.79. The first-order valence-electron chi connectivity index (χ1n) is 9.11. The number of carbonyl (C=O) groups is 1. The lowest BCUT2D eigenvalue weighted by Crippen LogP contribution is -2.18. The summed E-state index contributed by atoms with van der Waals surface area (Å²) in [6.45, 7) is 2.32. The van der Waals surface area contributed by atoms with Crippen LogP contribution in [-0.4, -0.2) is 19.2 Å². The number of hydrogen-bond acceptors (Lipinski definition) is 4. The first-order chi connectivity index (χ1) is 14.5. The molecule has 5 nitrogen and oxygen atoms in total. The average Bonchev–Trinajstić information content (AvgIpc) is 2.74. The highest BCUT2D eigenvalue weighted by molar-refractivity contribution is 14.1. The minimum Gasteiger partial charge on any atom is -0.493 e. The van der Waals surface area contributed by atoms with Crippen LogP contribution < -0.4 is 14.9 Å². The summed E-state index contributed by atoms with van der Waals surface area (Å²) in [7, 11) is 1.60. The van der Waals surface area contributed by atoms with E-state index in [1.165, 1.54) is 0 Å². The molecular weight excluding hydrogens is 559 g/mol. The van der Waals surface area contributed by atoms with Crippen LogP contribution >= 0.6 is 38.5 Å². The van der Waals surface area contributed by atoms with Gasteiger partial charge < -0.3 is 9.47 Å². The topological polar surface area (TPSA) is 59.9 Å². The molecule has 7 heteroatoms. The first kappa shape index (κ1) is 22.3. The Morgan fingerprint density at radius 3 is 2.60 bits per heavy atom. The van der Waals surface area contributed by atoms with E-state index in [1.807, 2.05) is 61.5 Å². The van der Waals surface area contributed by atoms with Crippen molar-refractivity contribution in [3.63, 3.8) is 0 Å². The summed E-state index contributed by atoms with van der Waals surface area (Å²) in [5.74, 6) is 1.02. The molecule has 3 aromatic carbocycles. The SMILES string of the molecule is COc1cc(/C=N/NC(=O)c2ccccc2C)cc(I)c1OCc1ccc(Br)cc1. The average molecular weight is 579 g/mol. The van der Waals surface area contributed by atoms with Crippen LogP contribution in [0.3, 0.4) is 0 Å². The first-order valence-corrected chi connectivity index (χ1v) is 11.0. The van der Waals surface area contributed by atoms with Crippen LogP contribution in [0.1, 0.15) is 27.0 Å². The van der Waals surface area contributed by atoms with Gasteiger partial charge in [-0.1, -0.05) is 46.3 Å². The second kappa shape index (κ2) is 10.6. The van der Waals surface area contributed by atoms with Crippen LogP contribution in [-0.2, 0) is 6.61 Å². The van der Waals surface area contributed by atoms with Gasteiger partial charge in [0.05, 0.1) is 16.9 Å². The maximum absolute atomic E-state index is 12.3. The van der Waals surface area contributed by atoms with Crippen molar-refractivity contribution < 1.29 is 14.3 Å². The molecule has 0 aliphatic carbocycles. The number of nitrogens with one attached hydrogen (secondary N) is 1. The number of rotatable bonds is 7. The van der Waals surface area contributed by atoms with Gasteiger partial charge in [-0.15, -0.1) is 0 Å². The van der Waals surface area contributed by atoms with Gasteiger partial charge in [0.1, 0.15) is 6.61 Å². The predicted molar refractivity (Wildman–Crippen MR) is 130 cm³/mol. The minimum absolute atomic E-state index is 0.250. The van der Waals surface area contributed by atoms with Crippen LogP contribution in [0.15, 0.2) is 70.2 Å². The fourth-order valence-electron chi connectivity index (χ4n) is 2.74. The third-order valence-corrected chi connectivity index (χ3v) is 5.65. The minimum atomic E-state index is -0.250. The van der Waals surface area contributed by atoms with E-state index < -0.39 is 0 Å². The van der Waals surface area contributed by atoms with Gasteiger partial charge in [0.25, 0.3) is 5.91 Å². The Labute approximate surface area is 197 Å². The molecule has 3 aromatic rings. The molecule has 0 aromatic heterocycles. The van der Waals surface area contributed by atoms with Crippen molar-refractivity contribution in [2.45, 2.75) is 13.5 Å². The molecule has 0 heterocycles. The molecule has 0 aliphatic heterocycles. The number of halogens is 2. The highest BCUT2D eigenvalue weighted by atomic mass is 127. The van der Waals surface area contributed by atoms with E-state index in [2.05, 4.69) is 49.0 Å². The molecule has 0 fully saturated rings. The van der Waals surface area contributed by atoms with Crippen LogP contribution in [0.4, 0.5) is 0 Å². The normalized spacial score (nSPS) is 10.8. The molecule has 0 atom stereocenters. The van der Waals surface area contributed by atoms with Crippen molar-refractivity contribution in [2.75, 3.05) is 7.11 Å². The Balaban J connectivity index is 1.70. The van der Waals surface area contributed by atoms with Crippen molar-refractivity contribution in [3.05, 3.63) is 91.0 Å². The largest absolute Gasteiger partial charge is 0.493 e. The van der Waals surface area contributed by atoms with E-state index >= 15 is 0 Å². The zero-order valence-electron chi connectivity index (χ0n) is 16.5. The van der Waals surface area contributed by atoms with E-state index in [4.69, 9.17) is 9.47 Å². The summed E-state index contributed by atoms with van der Waals surface area (Å²) in [5, 5.41) is 4.08. The Kier molecular flexibility index (Phi) is 7.87. The molecule has 154 valence electrons. The number of methoxy groups -OCH3 is 1. The quantitative estimate of drug-likeness (QED) is 0.222. The zero-order chi connectivity index (χ0) is 21.5. The predicted octanol–water partition coefficient (Wildman–Crippen LogP) is 5.71. The van der Waals surface area contributed by atoms with Crippen LogP contribution in [0.2, 0.25) is 0 Å². The van der Waals surface area contributed by atoms with Gasteiger partial charge >= 0.3 is 0 Å². The number of ether oxygens (including phenoxy) is 2. The highest BCUT2D eigenvalue weighted by Gasteiger charge is 2.12. The summed E-state index contributed by atoms with van der Waals surface area (Å²) in [6.07, 6.45) is 1.58. The number of carbonyl (C=O) groups excluding carboxylic acids is 1. The maximum Gasteiger partial charge on any atom is 0.271 e. The Morgan fingerprint density at radius 1 is 1.17 bits per heavy atom. The molecule has 0 saturated heterocycles. The number of aryl methyl sites for hydroxylation is 1. The summed E-state index contributed by atoms with van der Waals surface area (Å²) in [6, 6.07) is 19.1. The molecule has 0 unspecified atom stereocenters. The van der Waals surface area contributed by atoms with Gasteiger partial charge in [-0.05, 0) is 76.5 Å². The van der Waals surface area contributed by atoms with E-state index in [0.717, 1.165) is 24.7 Å². The Hall–Kier alpha value is -2.39. The fraction of sp³-hybridized carbons (Fsp3) is 0.130. The van der Waals surface area contributed by atoms with Gasteiger partial charge in [0.15, 0.2) is 11.5 Å². The van der Waals surface area contributed by atoms with E-state index in [1.54, 1.807) is 19.4 Å². The van der Waals surface area contributed by atoms with Gasteiger partial charge in [0, 0.05) is 10.0 Å². The van der Waals surface area contributed by atoms with E-state index in [0.29, 0.717) is 23.7 Å². The molecule has 1 N–H and O–H groups in total. The van der Waals surface area contributed by atoms with Gasteiger partial charge in [-0.2, -0.15) is 5.10 Å². The van der Waals surface area contributed by atoms with Crippen LogP contribution in [0.25, 0.3) is 0 Å². The lowest BCUT2D eigenvalue weighted by molar-refractivity contribution is 0.0954. The number of benzene rings is 3. The maximum atomic E-state index is 12.3. The lowest BCUT2D eigenvalue weighted by atomic mass is 10.1. The van der Waals surface area contributed by atoms with Crippen molar-refractivity contribution >= 4 is 50.6 Å². The van der Waals surface area contributed by atoms with Crippen molar-refractivity contribution in [1.29, 1.82) is 0 Å². The summed E-state index contributed by atoms with van der Waals surface area (Å²) in [4.78, 5) is 12.3. The zero-order valence-corrected chi connectivity index (χ0v) is 20.2. The van der Waals surface area contributed by atoms with Gasteiger partial charge in [-0.25, -0.2) is 5.43 Å². The molecule has 0 bridgehead atoms. The number of hydrazone groups is 1. The second-order valence-electron chi connectivity index (χ2n) is 6.46. The third-order valence-electron chi connectivity index (χ3n) is 4.32. The molecular formula is C23H20BrIN2O3. The summed E-state index contributed by atoms with van der Waals surface area (Å²) in [5.41, 5.74) is 5.90. The van der Waals surface area contributed by atoms with Crippen LogP contribution in [0.5, 0.6) is 11.5 Å². The smallest absolute Gasteiger partial charge is 0.271 e. The Bertz CT molecular complexity index is 1070. The highest BCUT2D eigenvalue weighted by Crippen LogP contribution is 2.34. The van der Waals surface area contributed by atoms with E-state index in [-0.39, 0.29) is 5.91 Å². The summed E-state index contributed by atoms with van der Waals surface area (Å²) < 4.78 is 13.4. The van der Waals surface area contributed by atoms with Crippen LogP contribution in [0, 0.1) is 10.5 Å². The van der Waals surface area contributed by atoms with Crippen molar-refractivity contribution in [2.24, 2.45) is 5.10 Å². The monoisotopic (exact) mass is 578 g/mol.